The van der Waals surface area contributed by atoms with Gasteiger partial charge in [-0.05, 0) is 6.92 Å². The molecule has 0 N–H and O–H groups in total. The highest BCUT2D eigenvalue weighted by molar-refractivity contribution is 5.79. The predicted octanol–water partition coefficient (Wildman–Crippen LogP) is 1.55. The number of benzene rings is 1. The number of methoxy groups -OCH3 is 2. The summed E-state index contributed by atoms with van der Waals surface area (Å²) < 4.78 is 10.3. The fourth-order valence-corrected chi connectivity index (χ4v) is 1.58. The van der Waals surface area contributed by atoms with E-state index in [0.717, 1.165) is 5.56 Å². The van der Waals surface area contributed by atoms with Gasteiger partial charge in [0.25, 0.3) is 5.79 Å². The summed E-state index contributed by atoms with van der Waals surface area (Å²) in [5.74, 6) is -2.38. The third-order valence-corrected chi connectivity index (χ3v) is 2.40. The minimum Gasteiger partial charge on any atom is -0.340 e. The highest BCUT2D eigenvalue weighted by Crippen LogP contribution is 2.28. The molecule has 0 unspecified atom stereocenters. The van der Waals surface area contributed by atoms with Crippen molar-refractivity contribution in [2.75, 3.05) is 21.3 Å². The number of hydrogen-bond donors (Lipinski definition) is 0. The third kappa shape index (κ3) is 2.63. The molecule has 0 atom stereocenters. The summed E-state index contributed by atoms with van der Waals surface area (Å²) in [5.41, 5.74) is 1.52. The lowest BCUT2D eigenvalue weighted by Crippen LogP contribution is -2.41. The van der Waals surface area contributed by atoms with Gasteiger partial charge in [-0.1, -0.05) is 29.8 Å². The first-order chi connectivity index (χ1) is 8.10. The predicted molar refractivity (Wildman–Crippen MR) is 60.0 cm³/mol. The third-order valence-electron chi connectivity index (χ3n) is 2.40. The van der Waals surface area contributed by atoms with Crippen molar-refractivity contribution in [1.29, 1.82) is 0 Å². The highest BCUT2D eigenvalue weighted by atomic mass is 17.2. The van der Waals surface area contributed by atoms with Crippen molar-refractivity contribution in [3.8, 4) is 0 Å². The van der Waals surface area contributed by atoms with Crippen LogP contribution in [-0.4, -0.2) is 27.3 Å². The van der Waals surface area contributed by atoms with Crippen molar-refractivity contribution >= 4 is 5.97 Å². The Hall–Kier alpha value is -1.43. The van der Waals surface area contributed by atoms with Crippen LogP contribution in [0.3, 0.4) is 0 Å². The van der Waals surface area contributed by atoms with Crippen molar-refractivity contribution in [2.45, 2.75) is 12.7 Å². The van der Waals surface area contributed by atoms with Crippen molar-refractivity contribution in [2.24, 2.45) is 0 Å². The summed E-state index contributed by atoms with van der Waals surface area (Å²) >= 11 is 0. The molecule has 1 aromatic rings. The standard InChI is InChI=1S/C12H16O5/c1-9-6-5-7-10(8-9)12(14-2,15-3)11(13)17-16-4/h5-8H,1-4H3. The lowest BCUT2D eigenvalue weighted by atomic mass is 10.0. The molecule has 1 aromatic carbocycles. The van der Waals surface area contributed by atoms with Crippen LogP contribution in [0.1, 0.15) is 11.1 Å². The van der Waals surface area contributed by atoms with E-state index in [1.165, 1.54) is 21.3 Å². The van der Waals surface area contributed by atoms with Gasteiger partial charge in [-0.3, -0.25) is 4.89 Å². The van der Waals surface area contributed by atoms with E-state index < -0.39 is 11.8 Å². The van der Waals surface area contributed by atoms with Gasteiger partial charge in [-0.15, -0.1) is 0 Å². The van der Waals surface area contributed by atoms with Crippen LogP contribution in [0.4, 0.5) is 0 Å². The molecular weight excluding hydrogens is 224 g/mol. The Kier molecular flexibility index (Phi) is 4.62. The Labute approximate surface area is 100 Å². The molecule has 1 rings (SSSR count). The summed E-state index contributed by atoms with van der Waals surface area (Å²) in [4.78, 5) is 20.7. The second kappa shape index (κ2) is 5.77. The van der Waals surface area contributed by atoms with E-state index in [1.807, 2.05) is 13.0 Å². The molecule has 0 spiro atoms. The number of carbonyl (C=O) groups is 1. The number of carbonyl (C=O) groups excluding carboxylic acids is 1. The lowest BCUT2D eigenvalue weighted by molar-refractivity contribution is -0.303. The van der Waals surface area contributed by atoms with Gasteiger partial charge in [0.1, 0.15) is 0 Å². The molecule has 0 bridgehead atoms. The Morgan fingerprint density at radius 1 is 1.18 bits per heavy atom. The molecular formula is C12H16O5. The second-order valence-corrected chi connectivity index (χ2v) is 3.43. The van der Waals surface area contributed by atoms with E-state index >= 15 is 0 Å². The number of aryl methyl sites for hydroxylation is 1. The molecule has 94 valence electrons. The van der Waals surface area contributed by atoms with Gasteiger partial charge < -0.3 is 9.47 Å². The molecule has 0 radical (unpaired) electrons. The van der Waals surface area contributed by atoms with Crippen LogP contribution in [0, 0.1) is 6.92 Å². The number of rotatable bonds is 5. The van der Waals surface area contributed by atoms with Gasteiger partial charge in [-0.2, -0.15) is 4.89 Å². The van der Waals surface area contributed by atoms with Crippen LogP contribution < -0.4 is 0 Å². The normalized spacial score (nSPS) is 11.3. The van der Waals surface area contributed by atoms with E-state index in [-0.39, 0.29) is 0 Å². The van der Waals surface area contributed by atoms with E-state index in [1.54, 1.807) is 18.2 Å². The fourth-order valence-electron chi connectivity index (χ4n) is 1.58. The van der Waals surface area contributed by atoms with Crippen LogP contribution >= 0.6 is 0 Å². The number of hydrogen-bond acceptors (Lipinski definition) is 5. The van der Waals surface area contributed by atoms with Crippen LogP contribution in [0.25, 0.3) is 0 Å². The fraction of sp³-hybridized carbons (Fsp3) is 0.417. The molecule has 0 heterocycles. The lowest BCUT2D eigenvalue weighted by Gasteiger charge is -2.27. The highest BCUT2D eigenvalue weighted by Gasteiger charge is 2.44. The first-order valence-corrected chi connectivity index (χ1v) is 5.03. The molecule has 0 aliphatic rings. The quantitative estimate of drug-likeness (QED) is 0.444. The van der Waals surface area contributed by atoms with Gasteiger partial charge in [0, 0.05) is 19.8 Å². The SMILES string of the molecule is COOC(=O)C(OC)(OC)c1cccc(C)c1. The molecule has 0 amide bonds. The zero-order valence-electron chi connectivity index (χ0n) is 10.4. The second-order valence-electron chi connectivity index (χ2n) is 3.43. The molecule has 5 heteroatoms. The maximum atomic E-state index is 11.8. The maximum absolute atomic E-state index is 11.8. The molecule has 0 aliphatic carbocycles. The molecule has 17 heavy (non-hydrogen) atoms. The van der Waals surface area contributed by atoms with E-state index in [4.69, 9.17) is 9.47 Å². The topological polar surface area (TPSA) is 54.0 Å². The van der Waals surface area contributed by atoms with Crippen LogP contribution in [-0.2, 0) is 29.8 Å². The largest absolute Gasteiger partial charge is 0.406 e. The van der Waals surface area contributed by atoms with Crippen LogP contribution in [0.15, 0.2) is 24.3 Å². The molecule has 0 saturated carbocycles. The van der Waals surface area contributed by atoms with Gasteiger partial charge >= 0.3 is 5.97 Å². The Bertz CT molecular complexity index is 384. The van der Waals surface area contributed by atoms with Crippen molar-refractivity contribution in [3.63, 3.8) is 0 Å². The molecule has 0 saturated heterocycles. The van der Waals surface area contributed by atoms with Crippen molar-refractivity contribution < 1.29 is 24.0 Å². The average Bonchev–Trinajstić information content (AvgIpc) is 2.32. The van der Waals surface area contributed by atoms with Crippen molar-refractivity contribution in [3.05, 3.63) is 35.4 Å². The van der Waals surface area contributed by atoms with Gasteiger partial charge in [0.15, 0.2) is 0 Å². The summed E-state index contributed by atoms with van der Waals surface area (Å²) in [7, 11) is 3.97. The van der Waals surface area contributed by atoms with Gasteiger partial charge in [-0.25, -0.2) is 4.79 Å². The summed E-state index contributed by atoms with van der Waals surface area (Å²) in [6.45, 7) is 1.90. The van der Waals surface area contributed by atoms with Crippen molar-refractivity contribution in [1.82, 2.24) is 0 Å². The minimum atomic E-state index is -1.61. The Balaban J connectivity index is 3.19. The summed E-state index contributed by atoms with van der Waals surface area (Å²) in [6, 6.07) is 7.21. The molecule has 5 nitrogen and oxygen atoms in total. The first kappa shape index (κ1) is 13.6. The zero-order chi connectivity index (χ0) is 12.9. The van der Waals surface area contributed by atoms with Gasteiger partial charge in [0.2, 0.25) is 0 Å². The van der Waals surface area contributed by atoms with Crippen LogP contribution in [0.5, 0.6) is 0 Å². The smallest absolute Gasteiger partial charge is 0.340 e. The summed E-state index contributed by atoms with van der Waals surface area (Å²) in [5, 5.41) is 0. The molecule has 0 aromatic heterocycles. The molecule has 0 aliphatic heterocycles. The van der Waals surface area contributed by atoms with Gasteiger partial charge in [0.05, 0.1) is 7.11 Å². The monoisotopic (exact) mass is 240 g/mol. The van der Waals surface area contributed by atoms with E-state index in [9.17, 15) is 4.79 Å². The molecule has 0 fully saturated rings. The van der Waals surface area contributed by atoms with E-state index in [2.05, 4.69) is 9.78 Å². The van der Waals surface area contributed by atoms with E-state index in [0.29, 0.717) is 5.56 Å². The summed E-state index contributed by atoms with van der Waals surface area (Å²) in [6.07, 6.45) is 0. The Morgan fingerprint density at radius 3 is 2.29 bits per heavy atom. The zero-order valence-corrected chi connectivity index (χ0v) is 10.4. The first-order valence-electron chi connectivity index (χ1n) is 5.03. The van der Waals surface area contributed by atoms with Crippen LogP contribution in [0.2, 0.25) is 0 Å². The Morgan fingerprint density at radius 2 is 1.82 bits per heavy atom. The number of ether oxygens (including phenoxy) is 2. The minimum absolute atomic E-state index is 0.546. The maximum Gasteiger partial charge on any atom is 0.406 e. The average molecular weight is 240 g/mol.